The molecular weight excluding hydrogens is 362 g/mol. The molecule has 0 aliphatic heterocycles. The van der Waals surface area contributed by atoms with Gasteiger partial charge < -0.3 is 9.42 Å². The Morgan fingerprint density at radius 2 is 1.78 bits per heavy atom. The van der Waals surface area contributed by atoms with E-state index in [1.165, 1.54) is 5.56 Å². The average Bonchev–Trinajstić information content (AvgIpc) is 3.10. The Balaban J connectivity index is 1.71. The summed E-state index contributed by atoms with van der Waals surface area (Å²) in [7, 11) is 0. The van der Waals surface area contributed by atoms with Crippen LogP contribution in [0.15, 0.2) is 53.1 Å². The van der Waals surface area contributed by atoms with Gasteiger partial charge in [-0.05, 0) is 38.5 Å². The molecule has 0 saturated heterocycles. The van der Waals surface area contributed by atoms with Gasteiger partial charge in [-0.2, -0.15) is 4.98 Å². The standard InChI is InChI=1S/C21H22ClN3O2/c1-14(2)25(20(26)12-16-6-10-18(22)11-7-16)13-19-23-21(24-27-19)17-8-4-15(3)5-9-17/h4-11,14H,12-13H2,1-3H3. The number of nitrogens with zero attached hydrogens (tertiary/aromatic N) is 3. The van der Waals surface area contributed by atoms with Gasteiger partial charge >= 0.3 is 0 Å². The molecule has 0 atom stereocenters. The largest absolute Gasteiger partial charge is 0.337 e. The Bertz CT molecular complexity index is 902. The monoisotopic (exact) mass is 383 g/mol. The molecule has 140 valence electrons. The van der Waals surface area contributed by atoms with Gasteiger partial charge in [0.25, 0.3) is 0 Å². The second-order valence-electron chi connectivity index (χ2n) is 6.80. The van der Waals surface area contributed by atoms with E-state index in [9.17, 15) is 4.79 Å². The Labute approximate surface area is 164 Å². The normalized spacial score (nSPS) is 11.0. The molecule has 0 unspecified atom stereocenters. The molecule has 6 heteroatoms. The first-order chi connectivity index (χ1) is 12.9. The van der Waals surface area contributed by atoms with Crippen LogP contribution in [-0.4, -0.2) is 27.0 Å². The van der Waals surface area contributed by atoms with Gasteiger partial charge in [0.15, 0.2) is 0 Å². The minimum atomic E-state index is 0.00223. The van der Waals surface area contributed by atoms with Crippen LogP contribution in [0.3, 0.4) is 0 Å². The van der Waals surface area contributed by atoms with Crippen molar-refractivity contribution in [3.63, 3.8) is 0 Å². The number of aryl methyl sites for hydroxylation is 1. The first kappa shape index (κ1) is 19.1. The van der Waals surface area contributed by atoms with Gasteiger partial charge in [0.2, 0.25) is 17.6 Å². The highest BCUT2D eigenvalue weighted by molar-refractivity contribution is 6.30. The van der Waals surface area contributed by atoms with E-state index in [1.807, 2.05) is 57.2 Å². The quantitative estimate of drug-likeness (QED) is 0.620. The maximum Gasteiger partial charge on any atom is 0.246 e. The van der Waals surface area contributed by atoms with Crippen LogP contribution >= 0.6 is 11.6 Å². The van der Waals surface area contributed by atoms with Gasteiger partial charge in [-0.3, -0.25) is 4.79 Å². The minimum Gasteiger partial charge on any atom is -0.337 e. The van der Waals surface area contributed by atoms with E-state index in [0.29, 0.717) is 23.2 Å². The predicted molar refractivity (Wildman–Crippen MR) is 105 cm³/mol. The third-order valence-corrected chi connectivity index (χ3v) is 4.55. The van der Waals surface area contributed by atoms with E-state index in [1.54, 1.807) is 17.0 Å². The molecule has 3 aromatic rings. The Morgan fingerprint density at radius 1 is 1.11 bits per heavy atom. The van der Waals surface area contributed by atoms with Crippen molar-refractivity contribution in [1.82, 2.24) is 15.0 Å². The number of aromatic nitrogens is 2. The molecule has 0 radical (unpaired) electrons. The molecule has 0 aliphatic carbocycles. The van der Waals surface area contributed by atoms with Gasteiger partial charge in [0.05, 0.1) is 6.42 Å². The highest BCUT2D eigenvalue weighted by atomic mass is 35.5. The van der Waals surface area contributed by atoms with E-state index >= 15 is 0 Å². The Kier molecular flexibility index (Phi) is 5.91. The third-order valence-electron chi connectivity index (χ3n) is 4.30. The molecular formula is C21H22ClN3O2. The van der Waals surface area contributed by atoms with Crippen molar-refractivity contribution in [1.29, 1.82) is 0 Å². The van der Waals surface area contributed by atoms with E-state index in [2.05, 4.69) is 10.1 Å². The lowest BCUT2D eigenvalue weighted by atomic mass is 10.1. The summed E-state index contributed by atoms with van der Waals surface area (Å²) >= 11 is 5.91. The summed E-state index contributed by atoms with van der Waals surface area (Å²) in [4.78, 5) is 18.9. The van der Waals surface area contributed by atoms with Crippen LogP contribution in [0.25, 0.3) is 11.4 Å². The summed E-state index contributed by atoms with van der Waals surface area (Å²) in [6.07, 6.45) is 0.300. The van der Waals surface area contributed by atoms with Crippen molar-refractivity contribution in [2.24, 2.45) is 0 Å². The van der Waals surface area contributed by atoms with E-state index in [0.717, 1.165) is 11.1 Å². The second-order valence-corrected chi connectivity index (χ2v) is 7.23. The number of benzene rings is 2. The summed E-state index contributed by atoms with van der Waals surface area (Å²) in [6, 6.07) is 15.2. The number of carbonyl (C=O) groups is 1. The molecule has 1 amide bonds. The molecule has 0 spiro atoms. The van der Waals surface area contributed by atoms with Crippen molar-refractivity contribution < 1.29 is 9.32 Å². The fourth-order valence-electron chi connectivity index (χ4n) is 2.72. The van der Waals surface area contributed by atoms with Crippen molar-refractivity contribution in [3.8, 4) is 11.4 Å². The lowest BCUT2D eigenvalue weighted by Gasteiger charge is -2.25. The molecule has 0 saturated carbocycles. The Hall–Kier alpha value is -2.66. The number of rotatable bonds is 6. The number of carbonyl (C=O) groups excluding carboxylic acids is 1. The van der Waals surface area contributed by atoms with Crippen molar-refractivity contribution in [2.45, 2.75) is 39.8 Å². The molecule has 0 N–H and O–H groups in total. The fraction of sp³-hybridized carbons (Fsp3) is 0.286. The zero-order valence-corrected chi connectivity index (χ0v) is 16.4. The van der Waals surface area contributed by atoms with Crippen LogP contribution in [0.5, 0.6) is 0 Å². The molecule has 27 heavy (non-hydrogen) atoms. The topological polar surface area (TPSA) is 59.2 Å². The van der Waals surface area contributed by atoms with Gasteiger partial charge in [0, 0.05) is 16.6 Å². The van der Waals surface area contributed by atoms with Gasteiger partial charge in [-0.25, -0.2) is 0 Å². The number of halogens is 1. The molecule has 0 fully saturated rings. The van der Waals surface area contributed by atoms with Crippen LogP contribution in [-0.2, 0) is 17.8 Å². The lowest BCUT2D eigenvalue weighted by molar-refractivity contribution is -0.133. The summed E-state index contributed by atoms with van der Waals surface area (Å²) in [5.41, 5.74) is 2.97. The molecule has 3 rings (SSSR count). The lowest BCUT2D eigenvalue weighted by Crippen LogP contribution is -2.37. The number of amides is 1. The van der Waals surface area contributed by atoms with Gasteiger partial charge in [0.1, 0.15) is 6.54 Å². The molecule has 5 nitrogen and oxygen atoms in total. The maximum atomic E-state index is 12.8. The van der Waals surface area contributed by atoms with E-state index in [4.69, 9.17) is 16.1 Å². The molecule has 1 aromatic heterocycles. The first-order valence-electron chi connectivity index (χ1n) is 8.86. The molecule has 0 aliphatic rings. The summed E-state index contributed by atoms with van der Waals surface area (Å²) < 4.78 is 5.37. The fourth-order valence-corrected chi connectivity index (χ4v) is 2.85. The van der Waals surface area contributed by atoms with Crippen molar-refractivity contribution in [3.05, 3.63) is 70.6 Å². The number of hydrogen-bond acceptors (Lipinski definition) is 4. The number of hydrogen-bond donors (Lipinski definition) is 0. The Morgan fingerprint density at radius 3 is 2.41 bits per heavy atom. The maximum absolute atomic E-state index is 12.8. The van der Waals surface area contributed by atoms with Crippen LogP contribution in [0.1, 0.15) is 30.9 Å². The molecule has 2 aromatic carbocycles. The highest BCUT2D eigenvalue weighted by Gasteiger charge is 2.21. The van der Waals surface area contributed by atoms with E-state index in [-0.39, 0.29) is 18.5 Å². The average molecular weight is 384 g/mol. The summed E-state index contributed by atoms with van der Waals surface area (Å²) in [6.45, 7) is 6.25. The van der Waals surface area contributed by atoms with Gasteiger partial charge in [-0.15, -0.1) is 0 Å². The zero-order valence-electron chi connectivity index (χ0n) is 15.6. The minimum absolute atomic E-state index is 0.00223. The third kappa shape index (κ3) is 4.95. The zero-order chi connectivity index (χ0) is 19.4. The van der Waals surface area contributed by atoms with Crippen LogP contribution < -0.4 is 0 Å². The smallest absolute Gasteiger partial charge is 0.246 e. The van der Waals surface area contributed by atoms with Crippen LogP contribution in [0.4, 0.5) is 0 Å². The van der Waals surface area contributed by atoms with Crippen molar-refractivity contribution in [2.75, 3.05) is 0 Å². The van der Waals surface area contributed by atoms with Crippen LogP contribution in [0, 0.1) is 6.92 Å². The first-order valence-corrected chi connectivity index (χ1v) is 9.23. The SMILES string of the molecule is Cc1ccc(-c2noc(CN(C(=O)Cc3ccc(Cl)cc3)C(C)C)n2)cc1. The highest BCUT2D eigenvalue weighted by Crippen LogP contribution is 2.18. The van der Waals surface area contributed by atoms with Crippen molar-refractivity contribution >= 4 is 17.5 Å². The predicted octanol–water partition coefficient (Wildman–Crippen LogP) is 4.68. The van der Waals surface area contributed by atoms with Gasteiger partial charge in [-0.1, -0.05) is 58.7 Å². The summed E-state index contributed by atoms with van der Waals surface area (Å²) in [5, 5.41) is 4.70. The molecule has 0 bridgehead atoms. The summed E-state index contributed by atoms with van der Waals surface area (Å²) in [5.74, 6) is 0.949. The van der Waals surface area contributed by atoms with E-state index < -0.39 is 0 Å². The second kappa shape index (κ2) is 8.35. The molecule has 1 heterocycles. The van der Waals surface area contributed by atoms with Crippen LogP contribution in [0.2, 0.25) is 5.02 Å².